The topological polar surface area (TPSA) is 34.8 Å². The lowest BCUT2D eigenvalue weighted by molar-refractivity contribution is 0.299. The zero-order chi connectivity index (χ0) is 19.2. The number of ether oxygens (including phenoxy) is 2. The van der Waals surface area contributed by atoms with Crippen molar-refractivity contribution in [2.45, 2.75) is 13.0 Å². The predicted octanol–water partition coefficient (Wildman–Crippen LogP) is 5.29. The fraction of sp³-hybridized carbons (Fsp3) is 0.273. The van der Waals surface area contributed by atoms with Crippen molar-refractivity contribution in [2.75, 3.05) is 27.8 Å². The first-order valence-corrected chi connectivity index (χ1v) is 9.21. The molecule has 0 aliphatic rings. The third kappa shape index (κ3) is 5.06. The van der Waals surface area contributed by atoms with Crippen molar-refractivity contribution in [3.05, 3.63) is 70.9 Å². The van der Waals surface area contributed by atoms with Crippen LogP contribution < -0.4 is 9.47 Å². The van der Waals surface area contributed by atoms with Crippen LogP contribution in [0.25, 0.3) is 11.3 Å². The molecule has 0 saturated heterocycles. The molecular formula is C22H24ClNO3. The molecular weight excluding hydrogens is 362 g/mol. The highest BCUT2D eigenvalue weighted by Gasteiger charge is 2.09. The molecule has 1 heterocycles. The maximum Gasteiger partial charge on any atom is 0.160 e. The molecule has 142 valence electrons. The molecule has 0 saturated carbocycles. The molecule has 1 aromatic heterocycles. The van der Waals surface area contributed by atoms with Crippen LogP contribution >= 0.6 is 11.6 Å². The zero-order valence-corrected chi connectivity index (χ0v) is 16.6. The zero-order valence-electron chi connectivity index (χ0n) is 15.9. The number of hydrogen-bond acceptors (Lipinski definition) is 4. The van der Waals surface area contributed by atoms with E-state index in [0.29, 0.717) is 0 Å². The van der Waals surface area contributed by atoms with Crippen LogP contribution in [0, 0.1) is 0 Å². The molecule has 0 bridgehead atoms. The molecule has 0 aliphatic heterocycles. The van der Waals surface area contributed by atoms with Crippen molar-refractivity contribution in [3.8, 4) is 22.8 Å². The summed E-state index contributed by atoms with van der Waals surface area (Å²) in [5, 5.41) is 0.723. The van der Waals surface area contributed by atoms with E-state index in [9.17, 15) is 0 Å². The van der Waals surface area contributed by atoms with Crippen LogP contribution in [-0.2, 0) is 13.0 Å². The number of hydrogen-bond donors (Lipinski definition) is 0. The summed E-state index contributed by atoms with van der Waals surface area (Å²) in [7, 11) is 5.39. The van der Waals surface area contributed by atoms with Gasteiger partial charge in [0.1, 0.15) is 11.5 Å². The van der Waals surface area contributed by atoms with E-state index in [0.717, 1.165) is 53.1 Å². The molecule has 0 amide bonds. The lowest BCUT2D eigenvalue weighted by Gasteiger charge is -2.16. The quantitative estimate of drug-likeness (QED) is 0.527. The molecule has 0 atom stereocenters. The van der Waals surface area contributed by atoms with Crippen LogP contribution in [0.2, 0.25) is 5.02 Å². The van der Waals surface area contributed by atoms with Crippen molar-refractivity contribution in [3.63, 3.8) is 0 Å². The molecule has 3 aromatic rings. The number of furan rings is 1. The average Bonchev–Trinajstić information content (AvgIpc) is 3.15. The Kier molecular flexibility index (Phi) is 6.43. The first-order valence-electron chi connectivity index (χ1n) is 8.83. The summed E-state index contributed by atoms with van der Waals surface area (Å²) in [6, 6.07) is 17.7. The Labute approximate surface area is 165 Å². The van der Waals surface area contributed by atoms with Crippen LogP contribution in [0.3, 0.4) is 0 Å². The van der Waals surface area contributed by atoms with Gasteiger partial charge >= 0.3 is 0 Å². The van der Waals surface area contributed by atoms with Gasteiger partial charge in [0.15, 0.2) is 11.5 Å². The summed E-state index contributed by atoms with van der Waals surface area (Å²) in [5.74, 6) is 3.31. The van der Waals surface area contributed by atoms with Crippen LogP contribution in [0.15, 0.2) is 59.0 Å². The molecule has 0 aliphatic carbocycles. The molecule has 5 heteroatoms. The van der Waals surface area contributed by atoms with Crippen LogP contribution in [-0.4, -0.2) is 32.7 Å². The Morgan fingerprint density at radius 2 is 1.67 bits per heavy atom. The smallest absolute Gasteiger partial charge is 0.160 e. The maximum atomic E-state index is 5.98. The Bertz CT molecular complexity index is 874. The third-order valence-corrected chi connectivity index (χ3v) is 4.70. The minimum absolute atomic E-state index is 0.723. The van der Waals surface area contributed by atoms with Gasteiger partial charge in [-0.25, -0.2) is 0 Å². The van der Waals surface area contributed by atoms with Crippen molar-refractivity contribution < 1.29 is 13.9 Å². The standard InChI is InChI=1S/C22H24ClNO3/c1-24(13-12-16-4-10-21(25-2)22(14-16)26-3)15-19-9-11-20(27-19)17-5-7-18(23)8-6-17/h4-11,14H,12-13,15H2,1-3H3. The van der Waals surface area contributed by atoms with E-state index < -0.39 is 0 Å². The Balaban J connectivity index is 1.57. The number of nitrogens with zero attached hydrogens (tertiary/aromatic N) is 1. The summed E-state index contributed by atoms with van der Waals surface area (Å²) in [4.78, 5) is 2.24. The van der Waals surface area contributed by atoms with Gasteiger partial charge in [0.2, 0.25) is 0 Å². The van der Waals surface area contributed by atoms with Crippen molar-refractivity contribution >= 4 is 11.6 Å². The van der Waals surface area contributed by atoms with E-state index in [1.807, 2.05) is 48.5 Å². The van der Waals surface area contributed by atoms with Crippen LogP contribution in [0.5, 0.6) is 11.5 Å². The lowest BCUT2D eigenvalue weighted by Crippen LogP contribution is -2.20. The second-order valence-corrected chi connectivity index (χ2v) is 6.89. The third-order valence-electron chi connectivity index (χ3n) is 4.45. The van der Waals surface area contributed by atoms with E-state index in [1.54, 1.807) is 14.2 Å². The van der Waals surface area contributed by atoms with Crippen LogP contribution in [0.1, 0.15) is 11.3 Å². The molecule has 0 N–H and O–H groups in total. The summed E-state index contributed by atoms with van der Waals surface area (Å²) in [5.41, 5.74) is 2.24. The van der Waals surface area contributed by atoms with Gasteiger partial charge in [-0.2, -0.15) is 0 Å². The molecule has 0 spiro atoms. The first kappa shape index (κ1) is 19.3. The van der Waals surface area contributed by atoms with Gasteiger partial charge in [0, 0.05) is 17.1 Å². The fourth-order valence-electron chi connectivity index (χ4n) is 2.93. The van der Waals surface area contributed by atoms with Crippen LogP contribution in [0.4, 0.5) is 0 Å². The highest BCUT2D eigenvalue weighted by Crippen LogP contribution is 2.28. The molecule has 3 rings (SSSR count). The van der Waals surface area contributed by atoms with E-state index in [2.05, 4.69) is 18.0 Å². The first-order chi connectivity index (χ1) is 13.1. The van der Waals surface area contributed by atoms with Crippen molar-refractivity contribution in [1.29, 1.82) is 0 Å². The highest BCUT2D eigenvalue weighted by molar-refractivity contribution is 6.30. The van der Waals surface area contributed by atoms with Gasteiger partial charge in [-0.05, 0) is 67.6 Å². The highest BCUT2D eigenvalue weighted by atomic mass is 35.5. The predicted molar refractivity (Wildman–Crippen MR) is 109 cm³/mol. The fourth-order valence-corrected chi connectivity index (χ4v) is 3.06. The lowest BCUT2D eigenvalue weighted by atomic mass is 10.1. The molecule has 2 aromatic carbocycles. The van der Waals surface area contributed by atoms with E-state index >= 15 is 0 Å². The number of likely N-dealkylation sites (N-methyl/N-ethyl adjacent to an activating group) is 1. The average molecular weight is 386 g/mol. The summed E-state index contributed by atoms with van der Waals surface area (Å²) in [6.45, 7) is 1.66. The number of rotatable bonds is 8. The summed E-state index contributed by atoms with van der Waals surface area (Å²) < 4.78 is 16.6. The molecule has 0 radical (unpaired) electrons. The van der Waals surface area contributed by atoms with Gasteiger partial charge < -0.3 is 13.9 Å². The molecule has 0 unspecified atom stereocenters. The normalized spacial score (nSPS) is 11.0. The molecule has 0 fully saturated rings. The second kappa shape index (κ2) is 8.98. The Morgan fingerprint density at radius 3 is 2.37 bits per heavy atom. The van der Waals surface area contributed by atoms with Gasteiger partial charge in [0.25, 0.3) is 0 Å². The SMILES string of the molecule is COc1ccc(CCN(C)Cc2ccc(-c3ccc(Cl)cc3)o2)cc1OC. The number of methoxy groups -OCH3 is 2. The van der Waals surface area contributed by atoms with E-state index in [-0.39, 0.29) is 0 Å². The monoisotopic (exact) mass is 385 g/mol. The van der Waals surface area contributed by atoms with Gasteiger partial charge in [-0.3, -0.25) is 4.90 Å². The minimum Gasteiger partial charge on any atom is -0.493 e. The summed E-state index contributed by atoms with van der Waals surface area (Å²) >= 11 is 5.94. The van der Waals surface area contributed by atoms with Crippen molar-refractivity contribution in [1.82, 2.24) is 4.90 Å². The minimum atomic E-state index is 0.723. The molecule has 27 heavy (non-hydrogen) atoms. The maximum absolute atomic E-state index is 5.98. The van der Waals surface area contributed by atoms with Gasteiger partial charge in [-0.15, -0.1) is 0 Å². The van der Waals surface area contributed by atoms with E-state index in [1.165, 1.54) is 5.56 Å². The second-order valence-electron chi connectivity index (χ2n) is 6.45. The largest absolute Gasteiger partial charge is 0.493 e. The Morgan fingerprint density at radius 1 is 0.926 bits per heavy atom. The number of benzene rings is 2. The number of halogens is 1. The van der Waals surface area contributed by atoms with E-state index in [4.69, 9.17) is 25.5 Å². The van der Waals surface area contributed by atoms with Gasteiger partial charge in [-0.1, -0.05) is 17.7 Å². The molecule has 4 nitrogen and oxygen atoms in total. The van der Waals surface area contributed by atoms with Crippen molar-refractivity contribution in [2.24, 2.45) is 0 Å². The Hall–Kier alpha value is -2.43. The summed E-state index contributed by atoms with van der Waals surface area (Å²) in [6.07, 6.45) is 0.918. The van der Waals surface area contributed by atoms with Gasteiger partial charge in [0.05, 0.1) is 20.8 Å².